The molecule has 0 aliphatic heterocycles. The molecule has 0 saturated carbocycles. The monoisotopic (exact) mass is 241 g/mol. The van der Waals surface area contributed by atoms with Gasteiger partial charge in [-0.2, -0.15) is 0 Å². The van der Waals surface area contributed by atoms with E-state index in [2.05, 4.69) is 29.4 Å². The van der Waals surface area contributed by atoms with Crippen molar-refractivity contribution in [2.45, 2.75) is 39.5 Å². The van der Waals surface area contributed by atoms with Crippen LogP contribution in [0.3, 0.4) is 0 Å². The summed E-state index contributed by atoms with van der Waals surface area (Å²) in [7, 11) is 0. The summed E-state index contributed by atoms with van der Waals surface area (Å²) in [6, 6.07) is 3.62. The van der Waals surface area contributed by atoms with Crippen LogP contribution < -0.4 is 5.32 Å². The van der Waals surface area contributed by atoms with Gasteiger partial charge in [-0.05, 0) is 24.5 Å². The van der Waals surface area contributed by atoms with Crippen LogP contribution in [0, 0.1) is 5.92 Å². The van der Waals surface area contributed by atoms with E-state index in [-0.39, 0.29) is 0 Å². The molecule has 0 aliphatic rings. The first-order chi connectivity index (χ1) is 7.76. The summed E-state index contributed by atoms with van der Waals surface area (Å²) in [5, 5.41) is 11.5. The molecule has 0 fully saturated rings. The Hall–Kier alpha value is -0.830. The van der Waals surface area contributed by atoms with Gasteiger partial charge in [-0.3, -0.25) is 0 Å². The van der Waals surface area contributed by atoms with Crippen molar-refractivity contribution in [3.63, 3.8) is 0 Å². The number of nitrogens with zero attached hydrogens (tertiary/aromatic N) is 2. The van der Waals surface area contributed by atoms with Crippen molar-refractivity contribution < 1.29 is 0 Å². The lowest BCUT2D eigenvalue weighted by molar-refractivity contribution is 0.472. The molecule has 90 valence electrons. The van der Waals surface area contributed by atoms with Crippen molar-refractivity contribution in [1.29, 1.82) is 0 Å². The zero-order valence-electron chi connectivity index (χ0n) is 10.0. The largest absolute Gasteiger partial charge is 0.368 e. The summed E-state index contributed by atoms with van der Waals surface area (Å²) in [4.78, 5) is 0. The summed E-state index contributed by atoms with van der Waals surface area (Å²) in [6.07, 6.45) is 5.04. The van der Waals surface area contributed by atoms with Gasteiger partial charge in [0.2, 0.25) is 0 Å². The van der Waals surface area contributed by atoms with Crippen LogP contribution in [0.2, 0.25) is 5.15 Å². The summed E-state index contributed by atoms with van der Waals surface area (Å²) < 4.78 is 0. The molecular weight excluding hydrogens is 222 g/mol. The van der Waals surface area contributed by atoms with Gasteiger partial charge < -0.3 is 5.32 Å². The van der Waals surface area contributed by atoms with Crippen molar-refractivity contribution in [3.8, 4) is 0 Å². The van der Waals surface area contributed by atoms with Crippen molar-refractivity contribution in [2.75, 3.05) is 11.9 Å². The Bertz CT molecular complexity index is 287. The normalized spacial score (nSPS) is 12.4. The fourth-order valence-electron chi connectivity index (χ4n) is 1.60. The van der Waals surface area contributed by atoms with Crippen LogP contribution in [-0.4, -0.2) is 16.7 Å². The Morgan fingerprint density at radius 3 is 2.69 bits per heavy atom. The van der Waals surface area contributed by atoms with Crippen molar-refractivity contribution in [3.05, 3.63) is 17.3 Å². The van der Waals surface area contributed by atoms with Gasteiger partial charge in [-0.25, -0.2) is 0 Å². The average Bonchev–Trinajstić information content (AvgIpc) is 2.32. The van der Waals surface area contributed by atoms with Gasteiger partial charge in [0.1, 0.15) is 5.82 Å². The summed E-state index contributed by atoms with van der Waals surface area (Å²) in [5.41, 5.74) is 0. The van der Waals surface area contributed by atoms with E-state index in [1.54, 1.807) is 6.07 Å². The lowest BCUT2D eigenvalue weighted by Gasteiger charge is -2.15. The molecule has 1 atom stereocenters. The lowest BCUT2D eigenvalue weighted by atomic mass is 9.99. The molecule has 0 saturated heterocycles. The maximum Gasteiger partial charge on any atom is 0.151 e. The second-order valence-electron chi connectivity index (χ2n) is 4.04. The van der Waals surface area contributed by atoms with Crippen LogP contribution in [0.15, 0.2) is 12.1 Å². The van der Waals surface area contributed by atoms with E-state index in [1.165, 1.54) is 25.7 Å². The molecule has 0 unspecified atom stereocenters. The summed E-state index contributed by atoms with van der Waals surface area (Å²) >= 11 is 5.67. The molecule has 0 spiro atoms. The molecule has 0 aromatic carbocycles. The zero-order valence-corrected chi connectivity index (χ0v) is 10.8. The molecule has 0 aliphatic carbocycles. The third-order valence-electron chi connectivity index (χ3n) is 2.75. The maximum absolute atomic E-state index is 5.67. The minimum absolute atomic E-state index is 0.434. The van der Waals surface area contributed by atoms with Gasteiger partial charge in [0, 0.05) is 6.54 Å². The summed E-state index contributed by atoms with van der Waals surface area (Å²) in [5.74, 6) is 1.52. The van der Waals surface area contributed by atoms with Crippen LogP contribution >= 0.6 is 11.6 Å². The smallest absolute Gasteiger partial charge is 0.151 e. The van der Waals surface area contributed by atoms with Gasteiger partial charge in [0.05, 0.1) is 0 Å². The number of hydrogen-bond donors (Lipinski definition) is 1. The van der Waals surface area contributed by atoms with Crippen LogP contribution in [0.25, 0.3) is 0 Å². The first-order valence-corrected chi connectivity index (χ1v) is 6.37. The molecule has 0 radical (unpaired) electrons. The standard InChI is InChI=1S/C12H20ClN3/c1-3-5-6-10(4-2)9-14-12-8-7-11(13)15-16-12/h7-8,10H,3-6,9H2,1-2H3,(H,14,16)/t10-/m0/s1. The number of halogens is 1. The maximum atomic E-state index is 5.67. The molecule has 1 aromatic heterocycles. The van der Waals surface area contributed by atoms with E-state index in [4.69, 9.17) is 11.6 Å². The molecule has 3 nitrogen and oxygen atoms in total. The minimum atomic E-state index is 0.434. The van der Waals surface area contributed by atoms with Gasteiger partial charge in [0.25, 0.3) is 0 Å². The second kappa shape index (κ2) is 7.44. The topological polar surface area (TPSA) is 37.8 Å². The number of aromatic nitrogens is 2. The first kappa shape index (κ1) is 13.2. The van der Waals surface area contributed by atoms with Gasteiger partial charge in [-0.15, -0.1) is 10.2 Å². The molecule has 0 bridgehead atoms. The van der Waals surface area contributed by atoms with Crippen LogP contribution in [0.4, 0.5) is 5.82 Å². The highest BCUT2D eigenvalue weighted by molar-refractivity contribution is 6.29. The fraction of sp³-hybridized carbons (Fsp3) is 0.667. The predicted molar refractivity (Wildman–Crippen MR) is 68.8 cm³/mol. The highest BCUT2D eigenvalue weighted by Gasteiger charge is 2.05. The van der Waals surface area contributed by atoms with E-state index < -0.39 is 0 Å². The van der Waals surface area contributed by atoms with Crippen molar-refractivity contribution >= 4 is 17.4 Å². The fourth-order valence-corrected chi connectivity index (χ4v) is 1.70. The van der Waals surface area contributed by atoms with Gasteiger partial charge in [-0.1, -0.05) is 44.7 Å². The van der Waals surface area contributed by atoms with Gasteiger partial charge in [0.15, 0.2) is 5.15 Å². The molecule has 1 N–H and O–H groups in total. The molecule has 4 heteroatoms. The quantitative estimate of drug-likeness (QED) is 0.790. The third-order valence-corrected chi connectivity index (χ3v) is 2.95. The van der Waals surface area contributed by atoms with E-state index in [1.807, 2.05) is 6.07 Å². The Morgan fingerprint density at radius 1 is 1.31 bits per heavy atom. The Labute approximate surface area is 103 Å². The minimum Gasteiger partial charge on any atom is -0.368 e. The predicted octanol–water partition coefficient (Wildman–Crippen LogP) is 3.76. The highest BCUT2D eigenvalue weighted by atomic mass is 35.5. The lowest BCUT2D eigenvalue weighted by Crippen LogP contribution is -2.14. The van der Waals surface area contributed by atoms with E-state index in [0.29, 0.717) is 5.15 Å². The van der Waals surface area contributed by atoms with Crippen LogP contribution in [0.5, 0.6) is 0 Å². The number of unbranched alkanes of at least 4 members (excludes halogenated alkanes) is 1. The SMILES string of the molecule is CCCC[C@H](CC)CNc1ccc(Cl)nn1. The molecule has 1 aromatic rings. The Morgan fingerprint density at radius 2 is 2.12 bits per heavy atom. The Balaban J connectivity index is 2.34. The third kappa shape index (κ3) is 4.79. The van der Waals surface area contributed by atoms with E-state index in [0.717, 1.165) is 18.3 Å². The number of hydrogen-bond acceptors (Lipinski definition) is 3. The van der Waals surface area contributed by atoms with E-state index in [9.17, 15) is 0 Å². The average molecular weight is 242 g/mol. The first-order valence-electron chi connectivity index (χ1n) is 5.99. The molecule has 0 amide bonds. The second-order valence-corrected chi connectivity index (χ2v) is 4.43. The molecule has 16 heavy (non-hydrogen) atoms. The van der Waals surface area contributed by atoms with E-state index >= 15 is 0 Å². The number of anilines is 1. The van der Waals surface area contributed by atoms with Crippen molar-refractivity contribution in [1.82, 2.24) is 10.2 Å². The van der Waals surface area contributed by atoms with Crippen LogP contribution in [-0.2, 0) is 0 Å². The van der Waals surface area contributed by atoms with Gasteiger partial charge >= 0.3 is 0 Å². The number of rotatable bonds is 7. The van der Waals surface area contributed by atoms with Crippen LogP contribution in [0.1, 0.15) is 39.5 Å². The Kier molecular flexibility index (Phi) is 6.16. The number of nitrogens with one attached hydrogen (secondary N) is 1. The molecule has 1 rings (SSSR count). The van der Waals surface area contributed by atoms with Crippen molar-refractivity contribution in [2.24, 2.45) is 5.92 Å². The molecule has 1 heterocycles. The highest BCUT2D eigenvalue weighted by Crippen LogP contribution is 2.14. The zero-order chi connectivity index (χ0) is 11.8. The molecular formula is C12H20ClN3. The summed E-state index contributed by atoms with van der Waals surface area (Å²) in [6.45, 7) is 5.42.